The highest BCUT2D eigenvalue weighted by Crippen LogP contribution is 2.30. The molecule has 20 heavy (non-hydrogen) atoms. The average molecular weight is 295 g/mol. The van der Waals surface area contributed by atoms with Gasteiger partial charge in [0.2, 0.25) is 0 Å². The number of carboxylic acids is 1. The smallest absolute Gasteiger partial charge is 0.323 e. The van der Waals surface area contributed by atoms with Gasteiger partial charge >= 0.3 is 5.97 Å². The molecule has 0 unspecified atom stereocenters. The molecule has 0 saturated heterocycles. The van der Waals surface area contributed by atoms with E-state index in [0.29, 0.717) is 4.88 Å². The van der Waals surface area contributed by atoms with Crippen molar-refractivity contribution in [3.8, 4) is 0 Å². The lowest BCUT2D eigenvalue weighted by Crippen LogP contribution is -2.40. The van der Waals surface area contributed by atoms with Crippen molar-refractivity contribution < 1.29 is 14.7 Å². The van der Waals surface area contributed by atoms with Crippen LogP contribution in [0.15, 0.2) is 6.07 Å². The number of nitrogens with zero attached hydrogens (tertiary/aromatic N) is 1. The van der Waals surface area contributed by atoms with Gasteiger partial charge in [-0.3, -0.25) is 9.59 Å². The van der Waals surface area contributed by atoms with Gasteiger partial charge in [-0.05, 0) is 51.2 Å². The fourth-order valence-corrected chi connectivity index (χ4v) is 3.76. The van der Waals surface area contributed by atoms with Gasteiger partial charge in [-0.2, -0.15) is 0 Å². The standard InChI is InChI=1S/C15H21NO3S/c1-10(2)16(9-14(17)18)15(19)13-8-11-6-4-3-5-7-12(11)20-13/h8,10H,3-7,9H2,1-2H3,(H,17,18). The van der Waals surface area contributed by atoms with E-state index in [1.54, 1.807) is 11.3 Å². The molecule has 0 atom stereocenters. The van der Waals surface area contributed by atoms with E-state index in [2.05, 4.69) is 0 Å². The minimum atomic E-state index is -0.967. The van der Waals surface area contributed by atoms with Crippen LogP contribution in [0, 0.1) is 0 Å². The fourth-order valence-electron chi connectivity index (χ4n) is 2.55. The predicted molar refractivity (Wildman–Crippen MR) is 79.4 cm³/mol. The summed E-state index contributed by atoms with van der Waals surface area (Å²) in [6, 6.07) is 1.87. The number of carbonyl (C=O) groups excluding carboxylic acids is 1. The molecule has 1 aliphatic rings. The first-order chi connectivity index (χ1) is 9.49. The van der Waals surface area contributed by atoms with Crippen molar-refractivity contribution in [3.63, 3.8) is 0 Å². The molecule has 1 aromatic heterocycles. The Morgan fingerprint density at radius 2 is 2.00 bits per heavy atom. The summed E-state index contributed by atoms with van der Waals surface area (Å²) in [4.78, 5) is 26.8. The highest BCUT2D eigenvalue weighted by Gasteiger charge is 2.24. The number of hydrogen-bond donors (Lipinski definition) is 1. The molecule has 1 amide bonds. The number of amides is 1. The Morgan fingerprint density at radius 3 is 2.65 bits per heavy atom. The summed E-state index contributed by atoms with van der Waals surface area (Å²) >= 11 is 1.55. The Bertz CT molecular complexity index is 484. The average Bonchev–Trinajstić information content (AvgIpc) is 2.66. The summed E-state index contributed by atoms with van der Waals surface area (Å²) in [5, 5.41) is 8.94. The molecule has 1 aromatic rings. The third kappa shape index (κ3) is 3.39. The van der Waals surface area contributed by atoms with Gasteiger partial charge in [-0.25, -0.2) is 0 Å². The third-order valence-corrected chi connectivity index (χ3v) is 4.87. The molecule has 5 heteroatoms. The first-order valence-corrected chi connectivity index (χ1v) is 7.95. The van der Waals surface area contributed by atoms with Crippen molar-refractivity contribution in [1.82, 2.24) is 4.90 Å². The largest absolute Gasteiger partial charge is 0.480 e. The Morgan fingerprint density at radius 1 is 1.30 bits per heavy atom. The van der Waals surface area contributed by atoms with Gasteiger partial charge in [-0.1, -0.05) is 6.42 Å². The zero-order valence-electron chi connectivity index (χ0n) is 12.0. The SMILES string of the molecule is CC(C)N(CC(=O)O)C(=O)c1cc2c(s1)CCCCC2. The number of hydrogen-bond acceptors (Lipinski definition) is 3. The minimum absolute atomic E-state index is 0.111. The van der Waals surface area contributed by atoms with Crippen LogP contribution < -0.4 is 0 Å². The Balaban J connectivity index is 2.21. The molecule has 0 aromatic carbocycles. The van der Waals surface area contributed by atoms with Gasteiger partial charge in [0, 0.05) is 10.9 Å². The monoisotopic (exact) mass is 295 g/mol. The Labute approximate surface area is 123 Å². The number of aliphatic carboxylic acids is 1. The van der Waals surface area contributed by atoms with Crippen LogP contribution >= 0.6 is 11.3 Å². The Kier molecular flexibility index (Phi) is 4.81. The van der Waals surface area contributed by atoms with Crippen molar-refractivity contribution in [2.24, 2.45) is 0 Å². The van der Waals surface area contributed by atoms with Crippen LogP contribution in [0.25, 0.3) is 0 Å². The summed E-state index contributed by atoms with van der Waals surface area (Å²) in [7, 11) is 0. The maximum absolute atomic E-state index is 12.5. The zero-order chi connectivity index (χ0) is 14.7. The zero-order valence-corrected chi connectivity index (χ0v) is 12.8. The second-order valence-electron chi connectivity index (χ2n) is 5.54. The van der Waals surface area contributed by atoms with Gasteiger partial charge in [0.25, 0.3) is 5.91 Å². The van der Waals surface area contributed by atoms with E-state index in [1.165, 1.54) is 34.6 Å². The van der Waals surface area contributed by atoms with Crippen molar-refractivity contribution in [3.05, 3.63) is 21.4 Å². The molecule has 1 aliphatic carbocycles. The number of thiophene rings is 1. The number of carbonyl (C=O) groups is 2. The number of aryl methyl sites for hydroxylation is 2. The molecular weight excluding hydrogens is 274 g/mol. The molecule has 0 fully saturated rings. The van der Waals surface area contributed by atoms with Crippen LogP contribution in [-0.2, 0) is 17.6 Å². The molecule has 0 aliphatic heterocycles. The fraction of sp³-hybridized carbons (Fsp3) is 0.600. The summed E-state index contributed by atoms with van der Waals surface area (Å²) in [5.41, 5.74) is 1.29. The summed E-state index contributed by atoms with van der Waals surface area (Å²) in [5.74, 6) is -1.12. The van der Waals surface area contributed by atoms with Gasteiger partial charge in [0.1, 0.15) is 6.54 Å². The molecule has 0 spiro atoms. The summed E-state index contributed by atoms with van der Waals surface area (Å²) < 4.78 is 0. The van der Waals surface area contributed by atoms with Crippen molar-refractivity contribution >= 4 is 23.2 Å². The lowest BCUT2D eigenvalue weighted by Gasteiger charge is -2.24. The number of carboxylic acid groups (broad SMARTS) is 1. The van der Waals surface area contributed by atoms with Crippen LogP contribution in [0.4, 0.5) is 0 Å². The Hall–Kier alpha value is -1.36. The second-order valence-corrected chi connectivity index (χ2v) is 6.68. The maximum atomic E-state index is 12.5. The molecule has 2 rings (SSSR count). The molecule has 1 N–H and O–H groups in total. The maximum Gasteiger partial charge on any atom is 0.323 e. The predicted octanol–water partition coefficient (Wildman–Crippen LogP) is 2.95. The highest BCUT2D eigenvalue weighted by molar-refractivity contribution is 7.14. The quantitative estimate of drug-likeness (QED) is 0.869. The van der Waals surface area contributed by atoms with Crippen molar-refractivity contribution in [1.29, 1.82) is 0 Å². The van der Waals surface area contributed by atoms with Gasteiger partial charge in [0.15, 0.2) is 0 Å². The number of fused-ring (bicyclic) bond motifs is 1. The first-order valence-electron chi connectivity index (χ1n) is 7.13. The highest BCUT2D eigenvalue weighted by atomic mass is 32.1. The van der Waals surface area contributed by atoms with E-state index in [0.717, 1.165) is 12.8 Å². The molecular formula is C15H21NO3S. The van der Waals surface area contributed by atoms with Crippen LogP contribution in [0.5, 0.6) is 0 Å². The topological polar surface area (TPSA) is 57.6 Å². The minimum Gasteiger partial charge on any atom is -0.480 e. The second kappa shape index (κ2) is 6.39. The van der Waals surface area contributed by atoms with Crippen LogP contribution in [0.1, 0.15) is 53.2 Å². The van der Waals surface area contributed by atoms with E-state index >= 15 is 0 Å². The summed E-state index contributed by atoms with van der Waals surface area (Å²) in [6.07, 6.45) is 5.71. The van der Waals surface area contributed by atoms with Gasteiger partial charge < -0.3 is 10.0 Å². The summed E-state index contributed by atoms with van der Waals surface area (Å²) in [6.45, 7) is 3.46. The molecule has 0 saturated carbocycles. The van der Waals surface area contributed by atoms with Crippen LogP contribution in [0.3, 0.4) is 0 Å². The molecule has 0 bridgehead atoms. The molecule has 110 valence electrons. The molecule has 1 heterocycles. The third-order valence-electron chi connectivity index (χ3n) is 3.65. The first kappa shape index (κ1) is 15.0. The van der Waals surface area contributed by atoms with E-state index in [-0.39, 0.29) is 18.5 Å². The van der Waals surface area contributed by atoms with E-state index in [9.17, 15) is 9.59 Å². The van der Waals surface area contributed by atoms with Crippen LogP contribution in [-0.4, -0.2) is 34.5 Å². The van der Waals surface area contributed by atoms with Crippen molar-refractivity contribution in [2.75, 3.05) is 6.54 Å². The lowest BCUT2D eigenvalue weighted by molar-refractivity contribution is -0.138. The van der Waals surface area contributed by atoms with Crippen molar-refractivity contribution in [2.45, 2.75) is 52.0 Å². The lowest BCUT2D eigenvalue weighted by atomic mass is 10.1. The van der Waals surface area contributed by atoms with E-state index in [4.69, 9.17) is 5.11 Å². The van der Waals surface area contributed by atoms with Crippen LogP contribution in [0.2, 0.25) is 0 Å². The van der Waals surface area contributed by atoms with E-state index in [1.807, 2.05) is 19.9 Å². The molecule has 4 nitrogen and oxygen atoms in total. The van der Waals surface area contributed by atoms with Gasteiger partial charge in [0.05, 0.1) is 4.88 Å². The normalized spacial score (nSPS) is 14.8. The number of rotatable bonds is 4. The van der Waals surface area contributed by atoms with Gasteiger partial charge in [-0.15, -0.1) is 11.3 Å². The van der Waals surface area contributed by atoms with E-state index < -0.39 is 5.97 Å². The molecule has 0 radical (unpaired) electrons.